The molecule has 5 nitrogen and oxygen atoms in total. The Balaban J connectivity index is 2.31. The van der Waals surface area contributed by atoms with Crippen molar-refractivity contribution in [2.24, 2.45) is 5.92 Å². The molecule has 0 aromatic heterocycles. The molecule has 0 amide bonds. The van der Waals surface area contributed by atoms with Crippen molar-refractivity contribution in [1.82, 2.24) is 5.32 Å². The molecule has 0 unspecified atom stereocenters. The van der Waals surface area contributed by atoms with Crippen LogP contribution in [-0.2, 0) is 0 Å². The van der Waals surface area contributed by atoms with Crippen LogP contribution in [0.4, 0.5) is 20.2 Å². The van der Waals surface area contributed by atoms with Gasteiger partial charge in [-0.15, -0.1) is 0 Å². The van der Waals surface area contributed by atoms with E-state index in [1.807, 2.05) is 0 Å². The summed E-state index contributed by atoms with van der Waals surface area (Å²) < 4.78 is 27.5. The van der Waals surface area contributed by atoms with Crippen LogP contribution >= 0.6 is 0 Å². The Morgan fingerprint density at radius 3 is 2.62 bits per heavy atom. The number of anilines is 1. The molecule has 1 saturated heterocycles. The minimum atomic E-state index is -1.14. The lowest BCUT2D eigenvalue weighted by atomic mass is 9.97. The molecule has 0 bridgehead atoms. The van der Waals surface area contributed by atoms with Crippen molar-refractivity contribution in [3.63, 3.8) is 0 Å². The molecule has 0 aliphatic carbocycles. The Hall–Kier alpha value is -1.76. The fourth-order valence-corrected chi connectivity index (χ4v) is 2.73. The summed E-state index contributed by atoms with van der Waals surface area (Å²) >= 11 is 0. The predicted octanol–water partition coefficient (Wildman–Crippen LogP) is 2.70. The van der Waals surface area contributed by atoms with E-state index in [9.17, 15) is 18.9 Å². The largest absolute Gasteiger partial charge is 0.363 e. The highest BCUT2D eigenvalue weighted by Gasteiger charge is 2.27. The van der Waals surface area contributed by atoms with Gasteiger partial charge >= 0.3 is 0 Å². The van der Waals surface area contributed by atoms with Crippen molar-refractivity contribution in [2.75, 3.05) is 31.1 Å². The van der Waals surface area contributed by atoms with Crippen LogP contribution < -0.4 is 10.2 Å². The summed E-state index contributed by atoms with van der Waals surface area (Å²) in [6.07, 6.45) is 1.86. The van der Waals surface area contributed by atoms with Crippen molar-refractivity contribution in [3.8, 4) is 0 Å². The van der Waals surface area contributed by atoms with Gasteiger partial charge in [0.05, 0.1) is 4.92 Å². The van der Waals surface area contributed by atoms with Crippen LogP contribution in [0.3, 0.4) is 0 Å². The SMILES string of the molecule is CCN(CC1CCNCC1)c1c([N+](=O)[O-])ccc(F)c1F. The number of benzene rings is 1. The number of nitro groups is 1. The molecule has 0 saturated carbocycles. The van der Waals surface area contributed by atoms with E-state index >= 15 is 0 Å². The standard InChI is InChI=1S/C14H19F2N3O2/c1-2-18(9-10-5-7-17-8-6-10)14-12(19(20)21)4-3-11(15)13(14)16/h3-4,10,17H,2,5-9H2,1H3. The maximum atomic E-state index is 14.1. The second-order valence-electron chi connectivity index (χ2n) is 5.22. The first kappa shape index (κ1) is 15.6. The molecule has 0 atom stereocenters. The third kappa shape index (κ3) is 3.47. The van der Waals surface area contributed by atoms with Gasteiger partial charge in [0.1, 0.15) is 0 Å². The number of halogens is 2. The maximum absolute atomic E-state index is 14.1. The van der Waals surface area contributed by atoms with Gasteiger partial charge in [0, 0.05) is 19.2 Å². The zero-order chi connectivity index (χ0) is 15.4. The number of nitrogens with zero attached hydrogens (tertiary/aromatic N) is 2. The van der Waals surface area contributed by atoms with Crippen LogP contribution in [0.5, 0.6) is 0 Å². The number of hydrogen-bond acceptors (Lipinski definition) is 4. The fourth-order valence-electron chi connectivity index (χ4n) is 2.73. The van der Waals surface area contributed by atoms with E-state index in [0.29, 0.717) is 19.0 Å². The summed E-state index contributed by atoms with van der Waals surface area (Å²) in [5, 5.41) is 14.3. The van der Waals surface area contributed by atoms with Gasteiger partial charge in [-0.05, 0) is 44.8 Å². The van der Waals surface area contributed by atoms with Crippen molar-refractivity contribution >= 4 is 11.4 Å². The highest BCUT2D eigenvalue weighted by atomic mass is 19.2. The first-order valence-electron chi connectivity index (χ1n) is 7.12. The third-order valence-electron chi connectivity index (χ3n) is 3.88. The minimum absolute atomic E-state index is 0.235. The minimum Gasteiger partial charge on any atom is -0.363 e. The zero-order valence-corrected chi connectivity index (χ0v) is 11.9. The van der Waals surface area contributed by atoms with Gasteiger partial charge in [0.2, 0.25) is 0 Å². The highest BCUT2D eigenvalue weighted by Crippen LogP contribution is 2.33. The van der Waals surface area contributed by atoms with Crippen LogP contribution in [-0.4, -0.2) is 31.1 Å². The van der Waals surface area contributed by atoms with Crippen LogP contribution in [0.25, 0.3) is 0 Å². The summed E-state index contributed by atoms with van der Waals surface area (Å²) in [5.41, 5.74) is -0.620. The molecule has 2 rings (SSSR count). The number of nitrogens with one attached hydrogen (secondary N) is 1. The summed E-state index contributed by atoms with van der Waals surface area (Å²) in [5.74, 6) is -1.87. The average molecular weight is 299 g/mol. The van der Waals surface area contributed by atoms with Crippen LogP contribution in [0.15, 0.2) is 12.1 Å². The Bertz CT molecular complexity index is 519. The van der Waals surface area contributed by atoms with Crippen molar-refractivity contribution < 1.29 is 13.7 Å². The van der Waals surface area contributed by atoms with Gasteiger partial charge in [0.15, 0.2) is 17.3 Å². The van der Waals surface area contributed by atoms with Crippen molar-refractivity contribution in [2.45, 2.75) is 19.8 Å². The second-order valence-corrected chi connectivity index (χ2v) is 5.22. The average Bonchev–Trinajstić information content (AvgIpc) is 2.48. The van der Waals surface area contributed by atoms with Gasteiger partial charge in [0.25, 0.3) is 5.69 Å². The number of rotatable bonds is 5. The van der Waals surface area contributed by atoms with E-state index in [2.05, 4.69) is 5.32 Å². The summed E-state index contributed by atoms with van der Waals surface area (Å²) in [7, 11) is 0. The number of hydrogen-bond donors (Lipinski definition) is 1. The van der Waals surface area contributed by atoms with E-state index in [4.69, 9.17) is 0 Å². The molecular weight excluding hydrogens is 280 g/mol. The van der Waals surface area contributed by atoms with Crippen LogP contribution in [0.1, 0.15) is 19.8 Å². The van der Waals surface area contributed by atoms with E-state index in [0.717, 1.165) is 38.1 Å². The van der Waals surface area contributed by atoms with Crippen molar-refractivity contribution in [3.05, 3.63) is 33.9 Å². The van der Waals surface area contributed by atoms with Gasteiger partial charge < -0.3 is 10.2 Å². The second kappa shape index (κ2) is 6.80. The molecule has 1 aromatic carbocycles. The Morgan fingerprint density at radius 1 is 1.38 bits per heavy atom. The lowest BCUT2D eigenvalue weighted by Gasteiger charge is -2.30. The molecule has 1 aliphatic rings. The predicted molar refractivity (Wildman–Crippen MR) is 76.5 cm³/mol. The topological polar surface area (TPSA) is 58.4 Å². The molecule has 1 aliphatic heterocycles. The number of piperidine rings is 1. The summed E-state index contributed by atoms with van der Waals surface area (Å²) in [4.78, 5) is 12.0. The van der Waals surface area contributed by atoms with Crippen LogP contribution in [0, 0.1) is 27.7 Å². The Morgan fingerprint density at radius 2 is 2.05 bits per heavy atom. The normalized spacial score (nSPS) is 16.0. The van der Waals surface area contributed by atoms with E-state index in [-0.39, 0.29) is 11.4 Å². The third-order valence-corrected chi connectivity index (χ3v) is 3.88. The monoisotopic (exact) mass is 299 g/mol. The zero-order valence-electron chi connectivity index (χ0n) is 11.9. The highest BCUT2D eigenvalue weighted by molar-refractivity contribution is 5.64. The van der Waals surface area contributed by atoms with E-state index < -0.39 is 16.6 Å². The molecule has 7 heteroatoms. The summed E-state index contributed by atoms with van der Waals surface area (Å²) in [6.45, 7) is 4.45. The Labute approximate surface area is 122 Å². The molecule has 0 radical (unpaired) electrons. The number of nitro benzene ring substituents is 1. The fraction of sp³-hybridized carbons (Fsp3) is 0.571. The summed E-state index contributed by atoms with van der Waals surface area (Å²) in [6, 6.07) is 1.83. The van der Waals surface area contributed by atoms with Gasteiger partial charge in [-0.3, -0.25) is 10.1 Å². The Kier molecular flexibility index (Phi) is 5.06. The van der Waals surface area contributed by atoms with E-state index in [1.54, 1.807) is 11.8 Å². The molecule has 1 aromatic rings. The molecule has 1 fully saturated rings. The van der Waals surface area contributed by atoms with Crippen LogP contribution in [0.2, 0.25) is 0 Å². The first-order chi connectivity index (χ1) is 10.0. The lowest BCUT2D eigenvalue weighted by molar-refractivity contribution is -0.384. The maximum Gasteiger partial charge on any atom is 0.295 e. The molecule has 1 heterocycles. The smallest absolute Gasteiger partial charge is 0.295 e. The molecular formula is C14H19F2N3O2. The molecule has 116 valence electrons. The quantitative estimate of drug-likeness (QED) is 0.671. The molecule has 1 N–H and O–H groups in total. The van der Waals surface area contributed by atoms with Gasteiger partial charge in [-0.1, -0.05) is 0 Å². The first-order valence-corrected chi connectivity index (χ1v) is 7.12. The molecule has 21 heavy (non-hydrogen) atoms. The van der Waals surface area contributed by atoms with Gasteiger partial charge in [-0.25, -0.2) is 8.78 Å². The van der Waals surface area contributed by atoms with Crippen molar-refractivity contribution in [1.29, 1.82) is 0 Å². The molecule has 0 spiro atoms. The lowest BCUT2D eigenvalue weighted by Crippen LogP contribution is -2.36. The van der Waals surface area contributed by atoms with E-state index in [1.165, 1.54) is 0 Å². The van der Waals surface area contributed by atoms with Gasteiger partial charge in [-0.2, -0.15) is 0 Å².